The molecular weight excluding hydrogens is 722 g/mol. The molecule has 2 amide bonds. The van der Waals surface area contributed by atoms with E-state index in [2.05, 4.69) is 4.90 Å². The smallest absolute Gasteiger partial charge is 0.744 e. The number of hydroxylamine groups is 2. The average molecular weight is 762 g/mol. The van der Waals surface area contributed by atoms with Crippen molar-refractivity contribution in [1.82, 2.24) is 5.06 Å². The Labute approximate surface area is 326 Å². The van der Waals surface area contributed by atoms with Gasteiger partial charge in [0.1, 0.15) is 27.3 Å². The number of unbranched alkanes of at least 4 members (excludes halogenated alkanes) is 2. The van der Waals surface area contributed by atoms with Crippen LogP contribution in [0.5, 0.6) is 0 Å². The number of hydrogen-bond donors (Lipinski definition) is 0. The number of amides is 2. The molecule has 0 unspecified atom stereocenters. The normalized spacial score (nSPS) is 18.9. The fraction of sp³-hybridized carbons (Fsp3) is 0.389. The van der Waals surface area contributed by atoms with Crippen LogP contribution in [0.3, 0.4) is 0 Å². The summed E-state index contributed by atoms with van der Waals surface area (Å²) in [6.45, 7) is 8.31. The van der Waals surface area contributed by atoms with Gasteiger partial charge in [-0.05, 0) is 68.7 Å². The summed E-state index contributed by atoms with van der Waals surface area (Å²) in [5.41, 5.74) is 3.45. The van der Waals surface area contributed by atoms with E-state index in [1.165, 1.54) is 24.3 Å². The van der Waals surface area contributed by atoms with Crippen molar-refractivity contribution in [2.24, 2.45) is 0 Å². The number of imide groups is 1. The van der Waals surface area contributed by atoms with Gasteiger partial charge in [0, 0.05) is 60.3 Å². The van der Waals surface area contributed by atoms with Crippen LogP contribution in [0.15, 0.2) is 82.3 Å². The summed E-state index contributed by atoms with van der Waals surface area (Å²) >= 11 is 0. The average Bonchev–Trinajstić information content (AvgIpc) is 3.54. The number of carbonyl (C=O) groups excluding carboxylic acids is 3. The summed E-state index contributed by atoms with van der Waals surface area (Å²) in [6, 6.07) is 8.72. The van der Waals surface area contributed by atoms with Crippen LogP contribution in [0.1, 0.15) is 77.3 Å². The molecule has 52 heavy (non-hydrogen) atoms. The molecule has 0 spiro atoms. The van der Waals surface area contributed by atoms with Gasteiger partial charge >= 0.3 is 35.5 Å². The first-order chi connectivity index (χ1) is 23.7. The molecule has 3 aliphatic rings. The molecule has 0 aliphatic carbocycles. The summed E-state index contributed by atoms with van der Waals surface area (Å²) in [4.78, 5) is 42.1. The molecule has 0 bridgehead atoms. The number of allylic oxidation sites excluding steroid dienone is 6. The number of benzene rings is 2. The maximum atomic E-state index is 12.2. The van der Waals surface area contributed by atoms with Crippen LogP contribution in [-0.4, -0.2) is 72.7 Å². The van der Waals surface area contributed by atoms with E-state index < -0.39 is 48.8 Å². The number of anilines is 1. The van der Waals surface area contributed by atoms with Gasteiger partial charge in [0.15, 0.2) is 5.71 Å². The van der Waals surface area contributed by atoms with Crippen molar-refractivity contribution >= 4 is 55.1 Å². The van der Waals surface area contributed by atoms with Crippen LogP contribution in [0.4, 0.5) is 11.4 Å². The van der Waals surface area contributed by atoms with E-state index in [1.54, 1.807) is 12.1 Å². The summed E-state index contributed by atoms with van der Waals surface area (Å²) in [7, 11) is -7.42. The molecule has 1 saturated heterocycles. The maximum Gasteiger partial charge on any atom is 1.00 e. The standard InChI is InChI=1S/C36H41N3O10S2.Na/c1-35(2)26-22-24(50(43,44)45)15-17-28(26)37(5)30(35)12-8-6-9-13-31-36(3,4)27-23-25(51(46,47)48)16-18-29(27)38(31)21-11-7-10-14-34(42)49-39-32(40)19-20-33(39)41;/h6,8-9,12-13,15-18,22-23H,7,10-11,14,19-21H2,1-5H3,(H-,43,44,45,46,47,48);/q;+1/p-1. The first kappa shape index (κ1) is 41.3. The number of nitrogens with zero attached hydrogens (tertiary/aromatic N) is 3. The zero-order chi connectivity index (χ0) is 37.5. The van der Waals surface area contributed by atoms with E-state index in [9.17, 15) is 40.3 Å². The number of fused-ring (bicyclic) bond motifs is 2. The van der Waals surface area contributed by atoms with Crippen molar-refractivity contribution in [3.8, 4) is 0 Å². The van der Waals surface area contributed by atoms with Crippen LogP contribution in [0.2, 0.25) is 0 Å². The molecule has 3 aliphatic heterocycles. The quantitative estimate of drug-likeness (QED) is 0.0762. The van der Waals surface area contributed by atoms with Gasteiger partial charge in [-0.25, -0.2) is 21.6 Å². The molecule has 0 atom stereocenters. The van der Waals surface area contributed by atoms with Crippen molar-refractivity contribution in [2.45, 2.75) is 86.8 Å². The molecule has 13 nitrogen and oxygen atoms in total. The minimum Gasteiger partial charge on any atom is -0.744 e. The van der Waals surface area contributed by atoms with Crippen LogP contribution in [-0.2, 0) is 50.3 Å². The van der Waals surface area contributed by atoms with Gasteiger partial charge in [-0.2, -0.15) is 4.58 Å². The minimum atomic E-state index is -4.69. The zero-order valence-corrected chi connectivity index (χ0v) is 33.7. The van der Waals surface area contributed by atoms with Crippen molar-refractivity contribution in [2.75, 3.05) is 18.5 Å². The molecule has 1 fully saturated rings. The fourth-order valence-electron chi connectivity index (χ4n) is 6.90. The predicted octanol–water partition coefficient (Wildman–Crippen LogP) is 1.47. The molecule has 5 rings (SSSR count). The van der Waals surface area contributed by atoms with Gasteiger partial charge in [-0.3, -0.25) is 9.59 Å². The fourth-order valence-corrected chi connectivity index (χ4v) is 7.89. The van der Waals surface area contributed by atoms with Crippen molar-refractivity contribution in [3.63, 3.8) is 0 Å². The molecule has 2 aromatic rings. The van der Waals surface area contributed by atoms with Crippen LogP contribution < -0.4 is 34.5 Å². The largest absolute Gasteiger partial charge is 1.00 e. The third-order valence-electron chi connectivity index (χ3n) is 9.64. The first-order valence-corrected chi connectivity index (χ1v) is 19.3. The molecule has 0 N–H and O–H groups in total. The summed E-state index contributed by atoms with van der Waals surface area (Å²) in [6.07, 6.45) is 11.2. The third kappa shape index (κ3) is 8.35. The van der Waals surface area contributed by atoms with E-state index in [0.29, 0.717) is 36.4 Å². The van der Waals surface area contributed by atoms with Crippen LogP contribution in [0, 0.1) is 0 Å². The van der Waals surface area contributed by atoms with Gasteiger partial charge in [-0.15, -0.1) is 5.06 Å². The number of carbonyl (C=O) groups is 3. The van der Waals surface area contributed by atoms with Crippen molar-refractivity contribution in [1.29, 1.82) is 0 Å². The van der Waals surface area contributed by atoms with E-state index in [0.717, 1.165) is 28.3 Å². The molecule has 3 heterocycles. The van der Waals surface area contributed by atoms with E-state index in [1.807, 2.05) is 69.7 Å². The topological polar surface area (TPSA) is 184 Å². The van der Waals surface area contributed by atoms with Gasteiger partial charge in [0.05, 0.1) is 15.2 Å². The Kier molecular flexibility index (Phi) is 12.3. The molecule has 0 radical (unpaired) electrons. The Bertz CT molecular complexity index is 2140. The second-order valence-corrected chi connectivity index (χ2v) is 16.5. The SMILES string of the molecule is C[N+]1=C(C=CC=CC=C2N(CCCCCC(=O)ON3C(=O)CCC3=O)c3ccc(S(=O)(=O)[O-])cc3C2(C)C)C(C)(C)c2cc(S(=O)(=O)[O-])ccc21.[Na+]. The first-order valence-electron chi connectivity index (χ1n) is 16.5. The van der Waals surface area contributed by atoms with Crippen molar-refractivity contribution in [3.05, 3.63) is 83.6 Å². The second-order valence-electron chi connectivity index (χ2n) is 13.8. The van der Waals surface area contributed by atoms with Gasteiger partial charge in [0.25, 0.3) is 11.8 Å². The van der Waals surface area contributed by atoms with Crippen LogP contribution >= 0.6 is 0 Å². The molecule has 272 valence electrons. The molecule has 0 saturated carbocycles. The zero-order valence-electron chi connectivity index (χ0n) is 30.0. The Morgan fingerprint density at radius 2 is 1.44 bits per heavy atom. The van der Waals surface area contributed by atoms with E-state index in [-0.39, 0.29) is 58.6 Å². The summed E-state index contributed by atoms with van der Waals surface area (Å²) in [5, 5.41) is 0.534. The van der Waals surface area contributed by atoms with Crippen LogP contribution in [0.25, 0.3) is 0 Å². The summed E-state index contributed by atoms with van der Waals surface area (Å²) in [5.74, 6) is -1.73. The Morgan fingerprint density at radius 3 is 2.06 bits per heavy atom. The van der Waals surface area contributed by atoms with Crippen molar-refractivity contribution < 1.29 is 79.3 Å². The second kappa shape index (κ2) is 15.5. The third-order valence-corrected chi connectivity index (χ3v) is 11.3. The number of rotatable bonds is 12. The van der Waals surface area contributed by atoms with Gasteiger partial charge in [0.2, 0.25) is 5.69 Å². The van der Waals surface area contributed by atoms with E-state index >= 15 is 0 Å². The minimum absolute atomic E-state index is 0. The molecule has 16 heteroatoms. The molecular formula is C36H40N3NaO10S2. The molecule has 0 aromatic heterocycles. The summed E-state index contributed by atoms with van der Waals surface area (Å²) < 4.78 is 72.6. The number of hydrogen-bond acceptors (Lipinski definition) is 11. The van der Waals surface area contributed by atoms with E-state index in [4.69, 9.17) is 4.84 Å². The van der Waals surface area contributed by atoms with Gasteiger partial charge < -0.3 is 18.8 Å². The predicted molar refractivity (Wildman–Crippen MR) is 185 cm³/mol. The maximum absolute atomic E-state index is 12.2. The van der Waals surface area contributed by atoms with Gasteiger partial charge in [-0.1, -0.05) is 38.5 Å². The Hall–Kier alpha value is -3.44. The Morgan fingerprint density at radius 1 is 0.846 bits per heavy atom. The Balaban J connectivity index is 0.00000605. The monoisotopic (exact) mass is 761 g/mol. The molecule has 2 aromatic carbocycles.